The minimum atomic E-state index is -4.56. The molecule has 2 aromatic rings. The van der Waals surface area contributed by atoms with Gasteiger partial charge in [-0.1, -0.05) is 11.6 Å². The zero-order chi connectivity index (χ0) is 19.5. The maximum absolute atomic E-state index is 12.8. The van der Waals surface area contributed by atoms with Gasteiger partial charge in [0.15, 0.2) is 4.91 Å². The van der Waals surface area contributed by atoms with Gasteiger partial charge in [-0.2, -0.15) is 18.4 Å². The Balaban J connectivity index is 2.39. The maximum atomic E-state index is 12.8. The molecule has 10 heteroatoms. The van der Waals surface area contributed by atoms with E-state index in [1.54, 1.807) is 0 Å². The van der Waals surface area contributed by atoms with Crippen LogP contribution in [0.25, 0.3) is 0 Å². The molecule has 0 aliphatic rings. The number of halogens is 5. The largest absolute Gasteiger partial charge is 0.416 e. The van der Waals surface area contributed by atoms with Crippen LogP contribution in [0.4, 0.5) is 18.9 Å². The Kier molecular flexibility index (Phi) is 6.01. The summed E-state index contributed by atoms with van der Waals surface area (Å²) >= 11 is 8.77. The number of sulfone groups is 1. The number of nitrogens with one attached hydrogen (secondary N) is 1. The Morgan fingerprint density at radius 1 is 1.19 bits per heavy atom. The van der Waals surface area contributed by atoms with E-state index in [1.807, 2.05) is 0 Å². The minimum absolute atomic E-state index is 0.0427. The number of allylic oxidation sites excluding steroid dienone is 1. The molecule has 4 nitrogen and oxygen atoms in total. The lowest BCUT2D eigenvalue weighted by molar-refractivity contribution is -0.137. The van der Waals surface area contributed by atoms with Crippen molar-refractivity contribution in [1.29, 1.82) is 5.26 Å². The Morgan fingerprint density at radius 3 is 2.35 bits per heavy atom. The summed E-state index contributed by atoms with van der Waals surface area (Å²) in [6, 6.07) is 9.51. The van der Waals surface area contributed by atoms with Crippen LogP contribution in [-0.4, -0.2) is 8.42 Å². The van der Waals surface area contributed by atoms with E-state index < -0.39 is 26.5 Å². The van der Waals surface area contributed by atoms with Crippen molar-refractivity contribution in [3.05, 3.63) is 68.6 Å². The molecule has 2 aromatic carbocycles. The predicted molar refractivity (Wildman–Crippen MR) is 95.1 cm³/mol. The molecule has 0 unspecified atom stereocenters. The summed E-state index contributed by atoms with van der Waals surface area (Å²) in [6.45, 7) is 0. The fourth-order valence-corrected chi connectivity index (χ4v) is 3.44. The molecule has 0 aliphatic carbocycles. The lowest BCUT2D eigenvalue weighted by Gasteiger charge is -2.11. The molecule has 0 saturated carbocycles. The van der Waals surface area contributed by atoms with Crippen molar-refractivity contribution in [1.82, 2.24) is 0 Å². The molecule has 2 rings (SSSR count). The quantitative estimate of drug-likeness (QED) is 0.616. The third-order valence-corrected chi connectivity index (χ3v) is 5.80. The van der Waals surface area contributed by atoms with Crippen molar-refractivity contribution in [3.63, 3.8) is 0 Å². The molecular formula is C16H9BrClF3N2O2S. The van der Waals surface area contributed by atoms with E-state index in [0.717, 1.165) is 18.3 Å². The van der Waals surface area contributed by atoms with Crippen LogP contribution in [0.2, 0.25) is 5.02 Å². The van der Waals surface area contributed by atoms with E-state index in [9.17, 15) is 21.6 Å². The average molecular weight is 466 g/mol. The van der Waals surface area contributed by atoms with Gasteiger partial charge in [0.05, 0.1) is 16.1 Å². The smallest absolute Gasteiger partial charge is 0.359 e. The van der Waals surface area contributed by atoms with E-state index in [0.29, 0.717) is 5.02 Å². The summed E-state index contributed by atoms with van der Waals surface area (Å²) in [4.78, 5) is -0.830. The highest BCUT2D eigenvalue weighted by Crippen LogP contribution is 2.34. The maximum Gasteiger partial charge on any atom is 0.416 e. The SMILES string of the molecule is N#C/C(=C\Nc1cc(C(F)(F)F)ccc1Br)S(=O)(=O)c1ccc(Cl)cc1. The first-order chi connectivity index (χ1) is 12.1. The van der Waals surface area contributed by atoms with Crippen LogP contribution in [0.1, 0.15) is 5.56 Å². The van der Waals surface area contributed by atoms with E-state index in [-0.39, 0.29) is 15.1 Å². The molecule has 0 heterocycles. The molecule has 0 amide bonds. The van der Waals surface area contributed by atoms with Gasteiger partial charge in [-0.3, -0.25) is 0 Å². The van der Waals surface area contributed by atoms with Crippen LogP contribution in [0.3, 0.4) is 0 Å². The van der Waals surface area contributed by atoms with Crippen molar-refractivity contribution in [2.24, 2.45) is 0 Å². The first-order valence-corrected chi connectivity index (χ1v) is 9.45. The molecule has 1 N–H and O–H groups in total. The second-order valence-electron chi connectivity index (χ2n) is 4.91. The molecule has 0 aromatic heterocycles. The van der Waals surface area contributed by atoms with E-state index in [4.69, 9.17) is 16.9 Å². The number of alkyl halides is 3. The van der Waals surface area contributed by atoms with Gasteiger partial charge in [0.1, 0.15) is 6.07 Å². The van der Waals surface area contributed by atoms with Crippen molar-refractivity contribution < 1.29 is 21.6 Å². The van der Waals surface area contributed by atoms with Crippen molar-refractivity contribution in [2.45, 2.75) is 11.1 Å². The normalized spacial score (nSPS) is 12.5. The van der Waals surface area contributed by atoms with Crippen molar-refractivity contribution in [2.75, 3.05) is 5.32 Å². The number of rotatable bonds is 4. The molecule has 136 valence electrons. The highest BCUT2D eigenvalue weighted by Gasteiger charge is 2.31. The fourth-order valence-electron chi connectivity index (χ4n) is 1.87. The molecule has 0 saturated heterocycles. The molecule has 0 aliphatic heterocycles. The summed E-state index contributed by atoms with van der Waals surface area (Å²) in [7, 11) is -4.15. The molecule has 0 radical (unpaired) electrons. The first-order valence-electron chi connectivity index (χ1n) is 6.80. The lowest BCUT2D eigenvalue weighted by atomic mass is 10.2. The van der Waals surface area contributed by atoms with E-state index in [2.05, 4.69) is 21.2 Å². The van der Waals surface area contributed by atoms with E-state index >= 15 is 0 Å². The van der Waals surface area contributed by atoms with Crippen LogP contribution in [0.15, 0.2) is 62.9 Å². The Morgan fingerprint density at radius 2 is 1.81 bits per heavy atom. The second kappa shape index (κ2) is 7.70. The average Bonchev–Trinajstić information content (AvgIpc) is 2.56. The fraction of sp³-hybridized carbons (Fsp3) is 0.0625. The van der Waals surface area contributed by atoms with Gasteiger partial charge in [-0.05, 0) is 58.4 Å². The Hall–Kier alpha value is -2.02. The van der Waals surface area contributed by atoms with Crippen LogP contribution in [0.5, 0.6) is 0 Å². The molecule has 0 spiro atoms. The molecular weight excluding hydrogens is 457 g/mol. The number of hydrogen-bond acceptors (Lipinski definition) is 4. The van der Waals surface area contributed by atoms with Crippen molar-refractivity contribution >= 4 is 43.1 Å². The second-order valence-corrected chi connectivity index (χ2v) is 8.12. The lowest BCUT2D eigenvalue weighted by Crippen LogP contribution is -2.07. The zero-order valence-corrected chi connectivity index (χ0v) is 15.8. The van der Waals surface area contributed by atoms with Crippen LogP contribution in [0, 0.1) is 11.3 Å². The van der Waals surface area contributed by atoms with Crippen molar-refractivity contribution in [3.8, 4) is 6.07 Å². The highest BCUT2D eigenvalue weighted by atomic mass is 79.9. The highest BCUT2D eigenvalue weighted by molar-refractivity contribution is 9.10. The standard InChI is InChI=1S/C16H9BrClF3N2O2S/c17-14-6-1-10(16(19,20)21)7-15(14)23-9-13(8-22)26(24,25)12-4-2-11(18)3-5-12/h1-7,9,23H/b13-9+. The summed E-state index contributed by atoms with van der Waals surface area (Å²) in [5.41, 5.74) is -0.963. The van der Waals surface area contributed by atoms with Crippen LogP contribution >= 0.6 is 27.5 Å². The third-order valence-electron chi connectivity index (χ3n) is 3.18. The number of nitriles is 1. The van der Waals surface area contributed by atoms with Gasteiger partial charge in [-0.15, -0.1) is 0 Å². The number of benzene rings is 2. The summed E-state index contributed by atoms with van der Waals surface area (Å²) < 4.78 is 63.5. The van der Waals surface area contributed by atoms with Gasteiger partial charge in [0.25, 0.3) is 0 Å². The van der Waals surface area contributed by atoms with Crippen LogP contribution < -0.4 is 5.32 Å². The van der Waals surface area contributed by atoms with Crippen LogP contribution in [-0.2, 0) is 16.0 Å². The number of anilines is 1. The minimum Gasteiger partial charge on any atom is -0.359 e. The summed E-state index contributed by atoms with van der Waals surface area (Å²) in [5, 5.41) is 11.9. The molecule has 0 fully saturated rings. The van der Waals surface area contributed by atoms with Gasteiger partial charge >= 0.3 is 6.18 Å². The summed E-state index contributed by atoms with van der Waals surface area (Å²) in [6.07, 6.45) is -3.72. The van der Waals surface area contributed by atoms with Gasteiger partial charge in [-0.25, -0.2) is 8.42 Å². The third kappa shape index (κ3) is 4.58. The predicted octanol–water partition coefficient (Wildman–Crippen LogP) is 5.37. The Labute approximate surface area is 160 Å². The summed E-state index contributed by atoms with van der Waals surface area (Å²) in [5.74, 6) is 0. The zero-order valence-electron chi connectivity index (χ0n) is 12.7. The first kappa shape index (κ1) is 20.3. The van der Waals surface area contributed by atoms with Gasteiger partial charge in [0, 0.05) is 15.7 Å². The van der Waals surface area contributed by atoms with Gasteiger partial charge < -0.3 is 5.32 Å². The molecule has 0 bridgehead atoms. The van der Waals surface area contributed by atoms with Gasteiger partial charge in [0.2, 0.25) is 9.84 Å². The monoisotopic (exact) mass is 464 g/mol. The molecule has 0 atom stereocenters. The van der Waals surface area contributed by atoms with E-state index in [1.165, 1.54) is 36.4 Å². The topological polar surface area (TPSA) is 70.0 Å². The Bertz CT molecular complexity index is 998. The number of nitrogens with zero attached hydrogens (tertiary/aromatic N) is 1. The number of hydrogen-bond donors (Lipinski definition) is 1. The molecule has 26 heavy (non-hydrogen) atoms.